The molecule has 2 amide bonds. The minimum absolute atomic E-state index is 0.116. The first kappa shape index (κ1) is 16.8. The average molecular weight is 309 g/mol. The fourth-order valence-electron chi connectivity index (χ4n) is 2.55. The molecule has 1 aliphatic heterocycles. The SMILES string of the molecule is CCOC[C@H]1CCCN(C(=O)Nc2cc(C(C)(C)C)on2)C1. The Morgan fingerprint density at radius 1 is 1.55 bits per heavy atom. The summed E-state index contributed by atoms with van der Waals surface area (Å²) in [5.74, 6) is 1.65. The Hall–Kier alpha value is -1.56. The minimum Gasteiger partial charge on any atom is -0.381 e. The fraction of sp³-hybridized carbons (Fsp3) is 0.750. The molecule has 1 aliphatic rings. The molecule has 6 heteroatoms. The topological polar surface area (TPSA) is 67.6 Å². The number of carbonyl (C=O) groups excluding carboxylic acids is 1. The van der Waals surface area contributed by atoms with Crippen molar-refractivity contribution in [2.45, 2.75) is 46.0 Å². The van der Waals surface area contributed by atoms with Gasteiger partial charge < -0.3 is 14.2 Å². The number of rotatable bonds is 4. The van der Waals surface area contributed by atoms with E-state index < -0.39 is 0 Å². The van der Waals surface area contributed by atoms with E-state index in [0.29, 0.717) is 11.7 Å². The maximum absolute atomic E-state index is 12.3. The molecule has 1 aromatic rings. The van der Waals surface area contributed by atoms with Crippen LogP contribution in [0.1, 0.15) is 46.3 Å². The molecule has 1 fully saturated rings. The van der Waals surface area contributed by atoms with Crippen molar-refractivity contribution >= 4 is 11.8 Å². The molecule has 1 N–H and O–H groups in total. The Bertz CT molecular complexity index is 493. The lowest BCUT2D eigenvalue weighted by molar-refractivity contribution is 0.0777. The summed E-state index contributed by atoms with van der Waals surface area (Å²) in [6.45, 7) is 11.1. The van der Waals surface area contributed by atoms with E-state index in [1.165, 1.54) is 0 Å². The number of ether oxygens (including phenoxy) is 1. The van der Waals surface area contributed by atoms with Gasteiger partial charge in [0.25, 0.3) is 0 Å². The van der Waals surface area contributed by atoms with Gasteiger partial charge in [0, 0.05) is 37.1 Å². The highest BCUT2D eigenvalue weighted by atomic mass is 16.5. The van der Waals surface area contributed by atoms with Gasteiger partial charge in [0.2, 0.25) is 0 Å². The third-order valence-corrected chi connectivity index (χ3v) is 3.85. The molecular weight excluding hydrogens is 282 g/mol. The van der Waals surface area contributed by atoms with Gasteiger partial charge in [-0.3, -0.25) is 5.32 Å². The normalized spacial score (nSPS) is 19.3. The quantitative estimate of drug-likeness (QED) is 0.927. The maximum atomic E-state index is 12.3. The molecule has 6 nitrogen and oxygen atoms in total. The van der Waals surface area contributed by atoms with Crippen molar-refractivity contribution < 1.29 is 14.1 Å². The number of urea groups is 1. The first-order valence-corrected chi connectivity index (χ1v) is 8.01. The molecule has 2 heterocycles. The Morgan fingerprint density at radius 3 is 2.95 bits per heavy atom. The smallest absolute Gasteiger partial charge is 0.323 e. The minimum atomic E-state index is -0.121. The molecule has 0 bridgehead atoms. The second-order valence-electron chi connectivity index (χ2n) is 6.87. The van der Waals surface area contributed by atoms with Crippen LogP contribution in [-0.4, -0.2) is 42.4 Å². The average Bonchev–Trinajstić information content (AvgIpc) is 2.94. The van der Waals surface area contributed by atoms with Crippen LogP contribution in [0, 0.1) is 5.92 Å². The van der Waals surface area contributed by atoms with Crippen molar-refractivity contribution in [3.8, 4) is 0 Å². The Morgan fingerprint density at radius 2 is 2.32 bits per heavy atom. The lowest BCUT2D eigenvalue weighted by Gasteiger charge is -2.32. The van der Waals surface area contributed by atoms with Gasteiger partial charge in [-0.25, -0.2) is 4.79 Å². The van der Waals surface area contributed by atoms with Crippen molar-refractivity contribution in [1.29, 1.82) is 0 Å². The van der Waals surface area contributed by atoms with Crippen LogP contribution < -0.4 is 5.32 Å². The van der Waals surface area contributed by atoms with E-state index in [9.17, 15) is 4.79 Å². The first-order valence-electron chi connectivity index (χ1n) is 8.01. The van der Waals surface area contributed by atoms with Crippen molar-refractivity contribution in [3.63, 3.8) is 0 Å². The van der Waals surface area contributed by atoms with Gasteiger partial charge in [-0.05, 0) is 19.8 Å². The summed E-state index contributed by atoms with van der Waals surface area (Å²) in [5, 5.41) is 6.75. The Labute approximate surface area is 132 Å². The molecule has 2 rings (SSSR count). The van der Waals surface area contributed by atoms with Crippen LogP contribution in [-0.2, 0) is 10.2 Å². The van der Waals surface area contributed by atoms with Crippen LogP contribution in [0.15, 0.2) is 10.6 Å². The predicted molar refractivity (Wildman–Crippen MR) is 85.0 cm³/mol. The molecule has 1 saturated heterocycles. The molecule has 124 valence electrons. The number of amides is 2. The number of anilines is 1. The van der Waals surface area contributed by atoms with Gasteiger partial charge in [0.15, 0.2) is 5.82 Å². The Balaban J connectivity index is 1.90. The standard InChI is InChI=1S/C16H27N3O3/c1-5-21-11-12-7-6-8-19(10-12)15(20)17-14-9-13(22-18-14)16(2,3)4/h9,12H,5-8,10-11H2,1-4H3,(H,17,18,20)/t12-/m0/s1. The van der Waals surface area contributed by atoms with E-state index in [2.05, 4.69) is 10.5 Å². The number of piperidine rings is 1. The highest BCUT2D eigenvalue weighted by molar-refractivity contribution is 5.88. The number of likely N-dealkylation sites (tertiary alicyclic amines) is 1. The van der Waals surface area contributed by atoms with E-state index in [1.54, 1.807) is 6.07 Å². The second-order valence-corrected chi connectivity index (χ2v) is 6.87. The molecule has 1 atom stereocenters. The third-order valence-electron chi connectivity index (χ3n) is 3.85. The first-order chi connectivity index (χ1) is 10.4. The van der Waals surface area contributed by atoms with Gasteiger partial charge in [-0.15, -0.1) is 0 Å². The number of hydrogen-bond acceptors (Lipinski definition) is 4. The molecule has 0 radical (unpaired) electrons. The van der Waals surface area contributed by atoms with Crippen LogP contribution in [0.3, 0.4) is 0 Å². The largest absolute Gasteiger partial charge is 0.381 e. The summed E-state index contributed by atoms with van der Waals surface area (Å²) in [5.41, 5.74) is -0.121. The van der Waals surface area contributed by atoms with Gasteiger partial charge in [-0.1, -0.05) is 25.9 Å². The lowest BCUT2D eigenvalue weighted by atomic mass is 9.93. The summed E-state index contributed by atoms with van der Waals surface area (Å²) in [4.78, 5) is 14.2. The summed E-state index contributed by atoms with van der Waals surface area (Å²) in [7, 11) is 0. The van der Waals surface area contributed by atoms with E-state index >= 15 is 0 Å². The van der Waals surface area contributed by atoms with Gasteiger partial charge in [-0.2, -0.15) is 0 Å². The van der Waals surface area contributed by atoms with Crippen LogP contribution in [0.4, 0.5) is 10.6 Å². The van der Waals surface area contributed by atoms with Gasteiger partial charge in [0.1, 0.15) is 5.76 Å². The fourth-order valence-corrected chi connectivity index (χ4v) is 2.55. The molecule has 0 unspecified atom stereocenters. The third kappa shape index (κ3) is 4.47. The van der Waals surface area contributed by atoms with Crippen LogP contribution in [0.5, 0.6) is 0 Å². The number of nitrogens with zero attached hydrogens (tertiary/aromatic N) is 2. The van der Waals surface area contributed by atoms with Crippen LogP contribution >= 0.6 is 0 Å². The molecule has 1 aromatic heterocycles. The highest BCUT2D eigenvalue weighted by Gasteiger charge is 2.25. The molecule has 0 spiro atoms. The summed E-state index contributed by atoms with van der Waals surface area (Å²) < 4.78 is 10.8. The number of nitrogens with one attached hydrogen (secondary N) is 1. The number of hydrogen-bond donors (Lipinski definition) is 1. The Kier molecular flexibility index (Phi) is 5.45. The maximum Gasteiger partial charge on any atom is 0.323 e. The molecule has 0 aromatic carbocycles. The van der Waals surface area contributed by atoms with E-state index in [0.717, 1.165) is 44.9 Å². The van der Waals surface area contributed by atoms with Gasteiger partial charge >= 0.3 is 6.03 Å². The highest BCUT2D eigenvalue weighted by Crippen LogP contribution is 2.25. The zero-order chi connectivity index (χ0) is 16.2. The summed E-state index contributed by atoms with van der Waals surface area (Å²) in [6, 6.07) is 1.68. The zero-order valence-electron chi connectivity index (χ0n) is 14.0. The predicted octanol–water partition coefficient (Wildman–Crippen LogP) is 3.25. The number of carbonyl (C=O) groups is 1. The monoisotopic (exact) mass is 309 g/mol. The van der Waals surface area contributed by atoms with Crippen molar-refractivity contribution in [3.05, 3.63) is 11.8 Å². The molecule has 0 aliphatic carbocycles. The molecule has 22 heavy (non-hydrogen) atoms. The zero-order valence-corrected chi connectivity index (χ0v) is 14.0. The number of aromatic nitrogens is 1. The summed E-state index contributed by atoms with van der Waals surface area (Å²) >= 11 is 0. The van der Waals surface area contributed by atoms with E-state index in [-0.39, 0.29) is 11.4 Å². The van der Waals surface area contributed by atoms with Crippen molar-refractivity contribution in [2.24, 2.45) is 5.92 Å². The van der Waals surface area contributed by atoms with Crippen LogP contribution in [0.25, 0.3) is 0 Å². The van der Waals surface area contributed by atoms with E-state index in [1.807, 2.05) is 32.6 Å². The van der Waals surface area contributed by atoms with Crippen molar-refractivity contribution in [1.82, 2.24) is 10.1 Å². The lowest BCUT2D eigenvalue weighted by Crippen LogP contribution is -2.43. The molecular formula is C16H27N3O3. The van der Waals surface area contributed by atoms with E-state index in [4.69, 9.17) is 9.26 Å². The summed E-state index contributed by atoms with van der Waals surface area (Å²) in [6.07, 6.45) is 2.12. The van der Waals surface area contributed by atoms with Crippen molar-refractivity contribution in [2.75, 3.05) is 31.6 Å². The molecule has 0 saturated carbocycles. The van der Waals surface area contributed by atoms with Gasteiger partial charge in [0.05, 0.1) is 6.61 Å². The second kappa shape index (κ2) is 7.13. The van der Waals surface area contributed by atoms with Crippen LogP contribution in [0.2, 0.25) is 0 Å².